The number of carbonyl (C=O) groups is 2. The van der Waals surface area contributed by atoms with Crippen molar-refractivity contribution in [3.05, 3.63) is 16.0 Å². The van der Waals surface area contributed by atoms with E-state index in [1.54, 1.807) is 11.8 Å². The lowest BCUT2D eigenvalue weighted by molar-refractivity contribution is 0.0252. The van der Waals surface area contributed by atoms with Gasteiger partial charge in [0, 0.05) is 26.2 Å². The van der Waals surface area contributed by atoms with Crippen LogP contribution in [-0.2, 0) is 9.47 Å². The van der Waals surface area contributed by atoms with Gasteiger partial charge in [0.15, 0.2) is 5.11 Å². The molecule has 0 atom stereocenters. The Morgan fingerprint density at radius 3 is 2.48 bits per heavy atom. The van der Waals surface area contributed by atoms with E-state index >= 15 is 0 Å². The Kier molecular flexibility index (Phi) is 7.96. The molecule has 1 aliphatic heterocycles. The van der Waals surface area contributed by atoms with Gasteiger partial charge in [-0.1, -0.05) is 0 Å². The minimum absolute atomic E-state index is 0.104. The second kappa shape index (κ2) is 9.98. The van der Waals surface area contributed by atoms with E-state index in [1.165, 1.54) is 18.4 Å². The Bertz CT molecular complexity index is 697. The van der Waals surface area contributed by atoms with E-state index in [9.17, 15) is 9.59 Å². The summed E-state index contributed by atoms with van der Waals surface area (Å²) in [5, 5.41) is 5.84. The molecule has 150 valence electrons. The summed E-state index contributed by atoms with van der Waals surface area (Å²) in [4.78, 5) is 27.3. The van der Waals surface area contributed by atoms with Crippen molar-refractivity contribution in [3.63, 3.8) is 0 Å². The molecule has 27 heavy (non-hydrogen) atoms. The summed E-state index contributed by atoms with van der Waals surface area (Å²) in [6.45, 7) is 9.47. The maximum Gasteiger partial charge on any atom is 0.341 e. The molecule has 1 aromatic rings. The number of nitrogens with zero attached hydrogens (tertiary/aromatic N) is 2. The summed E-state index contributed by atoms with van der Waals surface area (Å²) >= 11 is 6.58. The Hall–Kier alpha value is -1.75. The highest BCUT2D eigenvalue weighted by Gasteiger charge is 2.27. The van der Waals surface area contributed by atoms with Gasteiger partial charge in [-0.3, -0.25) is 10.2 Å². The number of thiophene rings is 1. The van der Waals surface area contributed by atoms with Crippen LogP contribution in [0, 0.1) is 6.92 Å². The van der Waals surface area contributed by atoms with Gasteiger partial charge in [-0.25, -0.2) is 9.80 Å². The van der Waals surface area contributed by atoms with Crippen LogP contribution in [0.25, 0.3) is 0 Å². The molecule has 0 saturated carbocycles. The molecule has 0 aliphatic carbocycles. The predicted molar refractivity (Wildman–Crippen MR) is 109 cm³/mol. The number of thiocarbonyl (C=S) groups is 1. The molecule has 1 saturated heterocycles. The van der Waals surface area contributed by atoms with Crippen LogP contribution in [-0.4, -0.2) is 73.4 Å². The highest BCUT2D eigenvalue weighted by molar-refractivity contribution is 7.80. The molecule has 0 spiro atoms. The zero-order valence-electron chi connectivity index (χ0n) is 16.1. The summed E-state index contributed by atoms with van der Waals surface area (Å²) < 4.78 is 10.2. The smallest absolute Gasteiger partial charge is 0.341 e. The fourth-order valence-electron chi connectivity index (χ4n) is 2.76. The summed E-state index contributed by atoms with van der Waals surface area (Å²) in [5.74, 6) is -0.605. The lowest BCUT2D eigenvalue weighted by atomic mass is 10.1. The van der Waals surface area contributed by atoms with Crippen LogP contribution < -0.4 is 10.7 Å². The van der Waals surface area contributed by atoms with Crippen molar-refractivity contribution < 1.29 is 19.1 Å². The number of amides is 1. The first-order chi connectivity index (χ1) is 12.9. The minimum Gasteiger partial charge on any atom is -0.465 e. The summed E-state index contributed by atoms with van der Waals surface area (Å²) in [7, 11) is 1.32. The van der Waals surface area contributed by atoms with E-state index in [0.29, 0.717) is 65.5 Å². The quantitative estimate of drug-likeness (QED) is 0.539. The van der Waals surface area contributed by atoms with Gasteiger partial charge in [-0.05, 0) is 38.6 Å². The first-order valence-corrected chi connectivity index (χ1v) is 10.1. The topological polar surface area (TPSA) is 83.1 Å². The minimum atomic E-state index is -0.501. The number of morpholine rings is 1. The van der Waals surface area contributed by atoms with Crippen molar-refractivity contribution in [2.24, 2.45) is 0 Å². The van der Waals surface area contributed by atoms with Crippen molar-refractivity contribution in [2.45, 2.75) is 20.8 Å². The van der Waals surface area contributed by atoms with Crippen molar-refractivity contribution in [2.75, 3.05) is 51.8 Å². The molecule has 1 fully saturated rings. The van der Waals surface area contributed by atoms with Gasteiger partial charge < -0.3 is 19.7 Å². The van der Waals surface area contributed by atoms with Crippen LogP contribution in [0.5, 0.6) is 0 Å². The molecule has 0 aromatic carbocycles. The van der Waals surface area contributed by atoms with Crippen LogP contribution >= 0.6 is 23.6 Å². The van der Waals surface area contributed by atoms with Crippen molar-refractivity contribution in [3.8, 4) is 0 Å². The summed E-state index contributed by atoms with van der Waals surface area (Å²) in [6.07, 6.45) is 0. The van der Waals surface area contributed by atoms with Crippen LogP contribution in [0.15, 0.2) is 0 Å². The molecule has 2 N–H and O–H groups in total. The lowest BCUT2D eigenvalue weighted by Crippen LogP contribution is -2.49. The van der Waals surface area contributed by atoms with Gasteiger partial charge in [0.05, 0.1) is 30.8 Å². The summed E-state index contributed by atoms with van der Waals surface area (Å²) in [6, 6.07) is 0. The number of hydrogen-bond acceptors (Lipinski definition) is 7. The SMILES string of the molecule is CCN(CC)C(=O)c1sc(NC(=S)NN2CCOCC2)c(C(=O)OC)c1C. The standard InChI is InChI=1S/C17H26N4O4S2/c1-5-20(6-2)15(22)13-11(3)12(16(23)24-4)14(27-13)18-17(26)19-21-7-9-25-10-8-21/h5-10H2,1-4H3,(H2,18,19,26). The molecular formula is C17H26N4O4S2. The Morgan fingerprint density at radius 1 is 1.30 bits per heavy atom. The van der Waals surface area contributed by atoms with E-state index in [0.717, 1.165) is 0 Å². The van der Waals surface area contributed by atoms with Crippen LogP contribution in [0.2, 0.25) is 0 Å². The average Bonchev–Trinajstić information content (AvgIpc) is 2.98. The zero-order valence-corrected chi connectivity index (χ0v) is 17.7. The Labute approximate surface area is 168 Å². The summed E-state index contributed by atoms with van der Waals surface area (Å²) in [5.41, 5.74) is 4.02. The normalized spacial score (nSPS) is 14.5. The van der Waals surface area contributed by atoms with Gasteiger partial charge in [0.2, 0.25) is 0 Å². The number of esters is 1. The number of rotatable bonds is 6. The zero-order chi connectivity index (χ0) is 20.0. The second-order valence-corrected chi connectivity index (χ2v) is 7.32. The number of hydrogen-bond donors (Lipinski definition) is 2. The predicted octanol–water partition coefficient (Wildman–Crippen LogP) is 1.86. The molecule has 1 aromatic heterocycles. The van der Waals surface area contributed by atoms with E-state index in [1.807, 2.05) is 18.9 Å². The van der Waals surface area contributed by atoms with Crippen molar-refractivity contribution >= 4 is 45.5 Å². The number of hydrazine groups is 1. The number of nitrogens with one attached hydrogen (secondary N) is 2. The van der Waals surface area contributed by atoms with Crippen LogP contribution in [0.4, 0.5) is 5.00 Å². The van der Waals surface area contributed by atoms with E-state index in [-0.39, 0.29) is 5.91 Å². The van der Waals surface area contributed by atoms with Crippen molar-refractivity contribution in [1.82, 2.24) is 15.3 Å². The molecule has 0 bridgehead atoms. The monoisotopic (exact) mass is 414 g/mol. The van der Waals surface area contributed by atoms with Gasteiger partial charge in [0.25, 0.3) is 5.91 Å². The van der Waals surface area contributed by atoms with Gasteiger partial charge in [-0.15, -0.1) is 11.3 Å². The fraction of sp³-hybridized carbons (Fsp3) is 0.588. The first-order valence-electron chi connectivity index (χ1n) is 8.84. The number of ether oxygens (including phenoxy) is 2. The largest absolute Gasteiger partial charge is 0.465 e. The van der Waals surface area contributed by atoms with Crippen LogP contribution in [0.3, 0.4) is 0 Å². The van der Waals surface area contributed by atoms with E-state index in [4.69, 9.17) is 21.7 Å². The van der Waals surface area contributed by atoms with Gasteiger partial charge in [-0.2, -0.15) is 0 Å². The van der Waals surface area contributed by atoms with E-state index in [2.05, 4.69) is 10.7 Å². The third-order valence-corrected chi connectivity index (χ3v) is 5.67. The molecule has 1 amide bonds. The maximum absolute atomic E-state index is 12.8. The highest BCUT2D eigenvalue weighted by Crippen LogP contribution is 2.34. The molecule has 0 unspecified atom stereocenters. The van der Waals surface area contributed by atoms with Gasteiger partial charge >= 0.3 is 5.97 Å². The van der Waals surface area contributed by atoms with Gasteiger partial charge in [0.1, 0.15) is 5.00 Å². The number of methoxy groups -OCH3 is 1. The lowest BCUT2D eigenvalue weighted by Gasteiger charge is -2.28. The molecule has 0 radical (unpaired) electrons. The molecule has 2 rings (SSSR count). The molecule has 8 nitrogen and oxygen atoms in total. The third-order valence-electron chi connectivity index (χ3n) is 4.28. The maximum atomic E-state index is 12.8. The number of anilines is 1. The third kappa shape index (κ3) is 5.16. The van der Waals surface area contributed by atoms with Crippen molar-refractivity contribution in [1.29, 1.82) is 0 Å². The Morgan fingerprint density at radius 2 is 1.93 bits per heavy atom. The van der Waals surface area contributed by atoms with Crippen LogP contribution in [0.1, 0.15) is 39.4 Å². The number of carbonyl (C=O) groups excluding carboxylic acids is 2. The molecule has 1 aliphatic rings. The second-order valence-electron chi connectivity index (χ2n) is 5.89. The first kappa shape index (κ1) is 21.5. The molecule has 10 heteroatoms. The molecule has 2 heterocycles. The molecular weight excluding hydrogens is 388 g/mol. The highest BCUT2D eigenvalue weighted by atomic mass is 32.1. The Balaban J connectivity index is 2.25. The average molecular weight is 415 g/mol. The fourth-order valence-corrected chi connectivity index (χ4v) is 4.22. The van der Waals surface area contributed by atoms with E-state index < -0.39 is 5.97 Å².